The maximum Gasteiger partial charge on any atom is 0.341 e. The Labute approximate surface area is 78.8 Å². The van der Waals surface area contributed by atoms with Crippen molar-refractivity contribution < 1.29 is 14.3 Å². The zero-order valence-electron chi connectivity index (χ0n) is 8.64. The lowest BCUT2D eigenvalue weighted by atomic mass is 9.88. The zero-order chi connectivity index (χ0) is 10.6. The first-order chi connectivity index (χ1) is 5.72. The van der Waals surface area contributed by atoms with Gasteiger partial charge in [0, 0.05) is 12.5 Å². The van der Waals surface area contributed by atoms with Crippen molar-refractivity contribution in [1.29, 1.82) is 0 Å². The van der Waals surface area contributed by atoms with Crippen molar-refractivity contribution in [2.24, 2.45) is 5.41 Å². The number of carbonyl (C=O) groups is 2. The smallest absolute Gasteiger partial charge is 0.341 e. The van der Waals surface area contributed by atoms with Gasteiger partial charge in [-0.2, -0.15) is 0 Å². The summed E-state index contributed by atoms with van der Waals surface area (Å²) in [5.74, 6) is -1.22. The third kappa shape index (κ3) is 6.08. The Morgan fingerprint density at radius 1 is 1.31 bits per heavy atom. The summed E-state index contributed by atoms with van der Waals surface area (Å²) in [6.07, 6.45) is 0.527. The Morgan fingerprint density at radius 3 is 2.08 bits per heavy atom. The number of ether oxygens (including phenoxy) is 1. The standard InChI is InChI=1S/C10H16O3/c1-7(6-10(3,4)5)9(12)13-8(2)11/h1,6H2,2-5H3. The Kier molecular flexibility index (Phi) is 3.85. The van der Waals surface area contributed by atoms with Crippen molar-refractivity contribution in [1.82, 2.24) is 0 Å². The van der Waals surface area contributed by atoms with Crippen molar-refractivity contribution in [2.75, 3.05) is 0 Å². The molecule has 0 fully saturated rings. The molecule has 0 aliphatic rings. The maximum absolute atomic E-state index is 11.1. The van der Waals surface area contributed by atoms with Crippen LogP contribution in [0.3, 0.4) is 0 Å². The molecule has 0 aromatic heterocycles. The molecule has 0 rings (SSSR count). The molecule has 0 aliphatic carbocycles. The summed E-state index contributed by atoms with van der Waals surface area (Å²) in [6, 6.07) is 0. The molecule has 0 saturated carbocycles. The van der Waals surface area contributed by atoms with Gasteiger partial charge >= 0.3 is 11.9 Å². The molecule has 0 heterocycles. The fourth-order valence-corrected chi connectivity index (χ4v) is 0.915. The SMILES string of the molecule is C=C(CC(C)(C)C)C(=O)OC(C)=O. The number of hydrogen-bond acceptors (Lipinski definition) is 3. The zero-order valence-corrected chi connectivity index (χ0v) is 8.64. The number of rotatable bonds is 2. The van der Waals surface area contributed by atoms with E-state index in [-0.39, 0.29) is 5.41 Å². The van der Waals surface area contributed by atoms with E-state index in [1.54, 1.807) is 0 Å². The summed E-state index contributed by atoms with van der Waals surface area (Å²) < 4.78 is 4.38. The van der Waals surface area contributed by atoms with Crippen LogP contribution in [0.1, 0.15) is 34.1 Å². The molecule has 0 bridgehead atoms. The van der Waals surface area contributed by atoms with E-state index in [9.17, 15) is 9.59 Å². The van der Waals surface area contributed by atoms with E-state index in [4.69, 9.17) is 0 Å². The first-order valence-electron chi connectivity index (χ1n) is 4.13. The monoisotopic (exact) mass is 184 g/mol. The molecule has 0 aromatic carbocycles. The minimum Gasteiger partial charge on any atom is -0.390 e. The quantitative estimate of drug-likeness (QED) is 0.375. The van der Waals surface area contributed by atoms with Gasteiger partial charge < -0.3 is 4.74 Å². The van der Waals surface area contributed by atoms with Crippen LogP contribution >= 0.6 is 0 Å². The van der Waals surface area contributed by atoms with Crippen LogP contribution in [0.4, 0.5) is 0 Å². The van der Waals surface area contributed by atoms with Gasteiger partial charge in [0.1, 0.15) is 0 Å². The molecule has 0 spiro atoms. The molecule has 74 valence electrons. The summed E-state index contributed by atoms with van der Waals surface area (Å²) in [5.41, 5.74) is 0.315. The summed E-state index contributed by atoms with van der Waals surface area (Å²) in [6.45, 7) is 10.7. The van der Waals surface area contributed by atoms with E-state index in [1.807, 2.05) is 20.8 Å². The third-order valence-corrected chi connectivity index (χ3v) is 1.27. The second kappa shape index (κ2) is 4.21. The summed E-state index contributed by atoms with van der Waals surface area (Å²) in [7, 11) is 0. The molecular weight excluding hydrogens is 168 g/mol. The van der Waals surface area contributed by atoms with Crippen molar-refractivity contribution in [3.05, 3.63) is 12.2 Å². The molecule has 0 amide bonds. The van der Waals surface area contributed by atoms with Gasteiger partial charge in [-0.1, -0.05) is 27.4 Å². The van der Waals surface area contributed by atoms with Gasteiger partial charge in [0.05, 0.1) is 0 Å². The van der Waals surface area contributed by atoms with Crippen LogP contribution in [0.2, 0.25) is 0 Å². The average molecular weight is 184 g/mol. The molecule has 0 N–H and O–H groups in total. The van der Waals surface area contributed by atoms with Crippen LogP contribution in [0.5, 0.6) is 0 Å². The topological polar surface area (TPSA) is 43.4 Å². The maximum atomic E-state index is 11.1. The molecule has 0 aliphatic heterocycles. The number of hydrogen-bond donors (Lipinski definition) is 0. The van der Waals surface area contributed by atoms with Crippen molar-refractivity contribution in [2.45, 2.75) is 34.1 Å². The normalized spacial score (nSPS) is 10.8. The summed E-state index contributed by atoms with van der Waals surface area (Å²) in [4.78, 5) is 21.5. The highest BCUT2D eigenvalue weighted by Crippen LogP contribution is 2.23. The predicted octanol–water partition coefficient (Wildman–Crippen LogP) is 2.07. The Bertz CT molecular complexity index is 233. The Balaban J connectivity index is 4.13. The summed E-state index contributed by atoms with van der Waals surface area (Å²) >= 11 is 0. The van der Waals surface area contributed by atoms with Gasteiger partial charge in [-0.25, -0.2) is 4.79 Å². The molecule has 0 saturated heterocycles. The Hall–Kier alpha value is -1.12. The number of carbonyl (C=O) groups excluding carboxylic acids is 2. The molecule has 3 nitrogen and oxygen atoms in total. The van der Waals surface area contributed by atoms with Crippen LogP contribution in [0.15, 0.2) is 12.2 Å². The highest BCUT2D eigenvalue weighted by molar-refractivity contribution is 5.95. The average Bonchev–Trinajstić information content (AvgIpc) is 1.81. The van der Waals surface area contributed by atoms with E-state index in [2.05, 4.69) is 11.3 Å². The van der Waals surface area contributed by atoms with Crippen molar-refractivity contribution in [3.63, 3.8) is 0 Å². The lowest BCUT2D eigenvalue weighted by Crippen LogP contribution is -2.15. The van der Waals surface area contributed by atoms with E-state index < -0.39 is 11.9 Å². The lowest BCUT2D eigenvalue weighted by molar-refractivity contribution is -0.155. The number of esters is 2. The molecule has 0 unspecified atom stereocenters. The fraction of sp³-hybridized carbons (Fsp3) is 0.600. The molecule has 0 atom stereocenters. The first kappa shape index (κ1) is 11.9. The highest BCUT2D eigenvalue weighted by Gasteiger charge is 2.18. The van der Waals surface area contributed by atoms with Gasteiger partial charge in [0.2, 0.25) is 0 Å². The second-order valence-electron chi connectivity index (χ2n) is 4.22. The largest absolute Gasteiger partial charge is 0.390 e. The molecular formula is C10H16O3. The second-order valence-corrected chi connectivity index (χ2v) is 4.22. The minimum atomic E-state index is -0.623. The van der Waals surface area contributed by atoms with Crippen molar-refractivity contribution >= 4 is 11.9 Å². The predicted molar refractivity (Wildman–Crippen MR) is 50.0 cm³/mol. The van der Waals surface area contributed by atoms with E-state index >= 15 is 0 Å². The third-order valence-electron chi connectivity index (χ3n) is 1.27. The van der Waals surface area contributed by atoms with Crippen LogP contribution in [-0.2, 0) is 14.3 Å². The van der Waals surface area contributed by atoms with Crippen LogP contribution < -0.4 is 0 Å². The van der Waals surface area contributed by atoms with Crippen LogP contribution in [0, 0.1) is 5.41 Å². The van der Waals surface area contributed by atoms with Gasteiger partial charge in [-0.15, -0.1) is 0 Å². The van der Waals surface area contributed by atoms with E-state index in [1.165, 1.54) is 6.92 Å². The van der Waals surface area contributed by atoms with E-state index in [0.717, 1.165) is 0 Å². The molecule has 13 heavy (non-hydrogen) atoms. The first-order valence-corrected chi connectivity index (χ1v) is 4.13. The molecule has 0 aromatic rings. The highest BCUT2D eigenvalue weighted by atomic mass is 16.6. The van der Waals surface area contributed by atoms with Gasteiger partial charge in [-0.3, -0.25) is 4.79 Å². The van der Waals surface area contributed by atoms with Gasteiger partial charge in [0.15, 0.2) is 0 Å². The lowest BCUT2D eigenvalue weighted by Gasteiger charge is -2.18. The van der Waals surface area contributed by atoms with E-state index in [0.29, 0.717) is 12.0 Å². The van der Waals surface area contributed by atoms with Crippen LogP contribution in [-0.4, -0.2) is 11.9 Å². The fourth-order valence-electron chi connectivity index (χ4n) is 0.915. The molecule has 3 heteroatoms. The Morgan fingerprint density at radius 2 is 1.77 bits per heavy atom. The van der Waals surface area contributed by atoms with Gasteiger partial charge in [-0.05, 0) is 11.8 Å². The summed E-state index contributed by atoms with van der Waals surface area (Å²) in [5, 5.41) is 0. The van der Waals surface area contributed by atoms with Crippen LogP contribution in [0.25, 0.3) is 0 Å². The van der Waals surface area contributed by atoms with Crippen molar-refractivity contribution in [3.8, 4) is 0 Å². The van der Waals surface area contributed by atoms with Gasteiger partial charge in [0.25, 0.3) is 0 Å². The molecule has 0 radical (unpaired) electrons. The minimum absolute atomic E-state index is 0.0209.